The van der Waals surface area contributed by atoms with Crippen molar-refractivity contribution in [3.8, 4) is 5.75 Å². The van der Waals surface area contributed by atoms with E-state index >= 15 is 0 Å². The van der Waals surface area contributed by atoms with Crippen molar-refractivity contribution < 1.29 is 4.74 Å². The highest BCUT2D eigenvalue weighted by molar-refractivity contribution is 9.10. The molecule has 1 aliphatic rings. The lowest BCUT2D eigenvalue weighted by molar-refractivity contribution is 0.301. The Kier molecular flexibility index (Phi) is 7.33. The van der Waals surface area contributed by atoms with Crippen LogP contribution in [-0.2, 0) is 13.2 Å². The van der Waals surface area contributed by atoms with Crippen molar-refractivity contribution in [1.82, 2.24) is 5.32 Å². The van der Waals surface area contributed by atoms with E-state index in [0.29, 0.717) is 6.61 Å². The Bertz CT molecular complexity index is 754. The molecule has 0 atom stereocenters. The molecule has 2 aromatic carbocycles. The van der Waals surface area contributed by atoms with Crippen LogP contribution in [0.25, 0.3) is 0 Å². The summed E-state index contributed by atoms with van der Waals surface area (Å²) in [6.07, 6.45) is 8.85. The highest BCUT2D eigenvalue weighted by atomic mass is 79.9. The molecule has 1 N–H and O–H groups in total. The van der Waals surface area contributed by atoms with Gasteiger partial charge >= 0.3 is 0 Å². The molecule has 0 bridgehead atoms. The summed E-state index contributed by atoms with van der Waals surface area (Å²) < 4.78 is 7.22. The van der Waals surface area contributed by atoms with Gasteiger partial charge in [-0.25, -0.2) is 0 Å². The topological polar surface area (TPSA) is 21.3 Å². The molecular formula is C23H28BrNO. The van der Waals surface area contributed by atoms with E-state index < -0.39 is 0 Å². The van der Waals surface area contributed by atoms with Crippen molar-refractivity contribution >= 4 is 15.9 Å². The van der Waals surface area contributed by atoms with Gasteiger partial charge in [-0.05, 0) is 74.9 Å². The monoisotopic (exact) mass is 413 g/mol. The summed E-state index contributed by atoms with van der Waals surface area (Å²) in [5, 5.41) is 3.58. The third-order valence-corrected chi connectivity index (χ3v) is 5.48. The largest absolute Gasteiger partial charge is 0.489 e. The van der Waals surface area contributed by atoms with Gasteiger partial charge in [0.05, 0.1) is 0 Å². The molecule has 26 heavy (non-hydrogen) atoms. The second kappa shape index (κ2) is 9.94. The fourth-order valence-corrected chi connectivity index (χ4v) is 3.77. The number of hydrogen-bond acceptors (Lipinski definition) is 2. The SMILES string of the molecule is Cc1ccccc1COc1ccc(Br)cc1CNCCC1=CCCCC1. The number of allylic oxidation sites excluding steroid dienone is 1. The zero-order chi connectivity index (χ0) is 18.2. The number of aryl methyl sites for hydroxylation is 1. The van der Waals surface area contributed by atoms with Crippen LogP contribution in [-0.4, -0.2) is 6.54 Å². The molecule has 0 saturated carbocycles. The van der Waals surface area contributed by atoms with Crippen LogP contribution in [0.4, 0.5) is 0 Å². The van der Waals surface area contributed by atoms with Gasteiger partial charge < -0.3 is 10.1 Å². The Hall–Kier alpha value is -1.58. The van der Waals surface area contributed by atoms with Crippen molar-refractivity contribution in [3.63, 3.8) is 0 Å². The summed E-state index contributed by atoms with van der Waals surface area (Å²) in [5.41, 5.74) is 5.32. The Labute approximate surface area is 165 Å². The van der Waals surface area contributed by atoms with Gasteiger partial charge in [0.1, 0.15) is 12.4 Å². The van der Waals surface area contributed by atoms with Crippen molar-refractivity contribution in [2.45, 2.75) is 52.2 Å². The highest BCUT2D eigenvalue weighted by Crippen LogP contribution is 2.25. The van der Waals surface area contributed by atoms with E-state index in [1.165, 1.54) is 42.4 Å². The Morgan fingerprint density at radius 3 is 2.77 bits per heavy atom. The second-order valence-electron chi connectivity index (χ2n) is 7.00. The summed E-state index contributed by atoms with van der Waals surface area (Å²) in [7, 11) is 0. The van der Waals surface area contributed by atoms with Crippen LogP contribution in [0.1, 0.15) is 48.8 Å². The second-order valence-corrected chi connectivity index (χ2v) is 7.92. The molecule has 0 radical (unpaired) electrons. The average Bonchev–Trinajstić information content (AvgIpc) is 2.66. The summed E-state index contributed by atoms with van der Waals surface area (Å²) >= 11 is 3.58. The molecule has 0 amide bonds. The third kappa shape index (κ3) is 5.72. The van der Waals surface area contributed by atoms with E-state index in [9.17, 15) is 0 Å². The van der Waals surface area contributed by atoms with Gasteiger partial charge in [0, 0.05) is 16.6 Å². The zero-order valence-electron chi connectivity index (χ0n) is 15.6. The van der Waals surface area contributed by atoms with Crippen LogP contribution in [0.2, 0.25) is 0 Å². The Morgan fingerprint density at radius 1 is 1.08 bits per heavy atom. The van der Waals surface area contributed by atoms with Crippen molar-refractivity contribution in [2.75, 3.05) is 6.54 Å². The van der Waals surface area contributed by atoms with Gasteiger partial charge in [-0.15, -0.1) is 0 Å². The molecule has 3 heteroatoms. The molecule has 3 rings (SSSR count). The molecule has 2 aromatic rings. The first-order valence-electron chi connectivity index (χ1n) is 9.57. The fourth-order valence-electron chi connectivity index (χ4n) is 3.36. The maximum Gasteiger partial charge on any atom is 0.124 e. The predicted octanol–water partition coefficient (Wildman–Crippen LogP) is 6.32. The fraction of sp³-hybridized carbons (Fsp3) is 0.391. The van der Waals surface area contributed by atoms with Gasteiger partial charge in [-0.2, -0.15) is 0 Å². The predicted molar refractivity (Wildman–Crippen MR) is 113 cm³/mol. The maximum atomic E-state index is 6.13. The summed E-state index contributed by atoms with van der Waals surface area (Å²) in [5.74, 6) is 0.959. The zero-order valence-corrected chi connectivity index (χ0v) is 17.1. The van der Waals surface area contributed by atoms with Crippen LogP contribution in [0.3, 0.4) is 0 Å². The molecule has 0 unspecified atom stereocenters. The van der Waals surface area contributed by atoms with Crippen LogP contribution >= 0.6 is 15.9 Å². The van der Waals surface area contributed by atoms with Gasteiger partial charge in [-0.3, -0.25) is 0 Å². The first-order chi connectivity index (χ1) is 12.7. The minimum atomic E-state index is 0.605. The molecule has 138 valence electrons. The van der Waals surface area contributed by atoms with E-state index in [0.717, 1.165) is 29.7 Å². The quantitative estimate of drug-likeness (QED) is 0.403. The first kappa shape index (κ1) is 19.2. The third-order valence-electron chi connectivity index (χ3n) is 4.99. The Morgan fingerprint density at radius 2 is 1.96 bits per heavy atom. The van der Waals surface area contributed by atoms with E-state index in [4.69, 9.17) is 4.74 Å². The standard InChI is InChI=1S/C23H28BrNO/c1-18-7-5-6-10-20(18)17-26-23-12-11-22(24)15-21(23)16-25-14-13-19-8-3-2-4-9-19/h5-8,10-12,15,25H,2-4,9,13-14,16-17H2,1H3. The van der Waals surface area contributed by atoms with Gasteiger partial charge in [0.15, 0.2) is 0 Å². The molecule has 0 aliphatic heterocycles. The normalized spacial score (nSPS) is 14.2. The number of nitrogens with one attached hydrogen (secondary N) is 1. The number of hydrogen-bond donors (Lipinski definition) is 1. The van der Waals surface area contributed by atoms with Gasteiger partial charge in [0.25, 0.3) is 0 Å². The minimum Gasteiger partial charge on any atom is -0.489 e. The molecular weight excluding hydrogens is 386 g/mol. The molecule has 0 saturated heterocycles. The van der Waals surface area contributed by atoms with Gasteiger partial charge in [0.2, 0.25) is 0 Å². The van der Waals surface area contributed by atoms with Crippen molar-refractivity contribution in [2.24, 2.45) is 0 Å². The number of halogens is 1. The number of benzene rings is 2. The molecule has 0 heterocycles. The van der Waals surface area contributed by atoms with Crippen LogP contribution in [0, 0.1) is 6.92 Å². The van der Waals surface area contributed by atoms with Crippen LogP contribution < -0.4 is 10.1 Å². The minimum absolute atomic E-state index is 0.605. The van der Waals surface area contributed by atoms with Crippen molar-refractivity contribution in [1.29, 1.82) is 0 Å². The summed E-state index contributed by atoms with van der Waals surface area (Å²) in [4.78, 5) is 0. The van der Waals surface area contributed by atoms with Gasteiger partial charge in [-0.1, -0.05) is 51.8 Å². The first-order valence-corrected chi connectivity index (χ1v) is 10.4. The van der Waals surface area contributed by atoms with Crippen molar-refractivity contribution in [3.05, 3.63) is 75.3 Å². The molecule has 0 spiro atoms. The lowest BCUT2D eigenvalue weighted by Crippen LogP contribution is -2.16. The molecule has 1 aliphatic carbocycles. The molecule has 2 nitrogen and oxygen atoms in total. The lowest BCUT2D eigenvalue weighted by Gasteiger charge is -2.15. The highest BCUT2D eigenvalue weighted by Gasteiger charge is 2.07. The summed E-state index contributed by atoms with van der Waals surface area (Å²) in [6, 6.07) is 14.6. The smallest absolute Gasteiger partial charge is 0.124 e. The van der Waals surface area contributed by atoms with Crippen LogP contribution in [0.15, 0.2) is 58.6 Å². The Balaban J connectivity index is 1.55. The van der Waals surface area contributed by atoms with Crippen LogP contribution in [0.5, 0.6) is 5.75 Å². The van der Waals surface area contributed by atoms with E-state index in [-0.39, 0.29) is 0 Å². The van der Waals surface area contributed by atoms with E-state index in [1.807, 2.05) is 6.07 Å². The number of rotatable bonds is 8. The maximum absolute atomic E-state index is 6.13. The van der Waals surface area contributed by atoms with E-state index in [2.05, 4.69) is 70.6 Å². The number of ether oxygens (including phenoxy) is 1. The average molecular weight is 414 g/mol. The van der Waals surface area contributed by atoms with E-state index in [1.54, 1.807) is 5.57 Å². The molecule has 0 aromatic heterocycles. The summed E-state index contributed by atoms with van der Waals surface area (Å²) in [6.45, 7) is 4.59. The lowest BCUT2D eigenvalue weighted by atomic mass is 9.97. The molecule has 0 fully saturated rings.